The fraction of sp³-hybridized carbons (Fsp3) is 0.444. The van der Waals surface area contributed by atoms with Crippen molar-refractivity contribution in [2.75, 3.05) is 5.73 Å². The molecule has 176 valence electrons. The van der Waals surface area contributed by atoms with Crippen LogP contribution in [0.15, 0.2) is 48.1 Å². The lowest BCUT2D eigenvalue weighted by atomic mass is 9.70. The van der Waals surface area contributed by atoms with E-state index in [1.54, 1.807) is 17.5 Å². The van der Waals surface area contributed by atoms with E-state index in [-0.39, 0.29) is 5.92 Å². The summed E-state index contributed by atoms with van der Waals surface area (Å²) < 4.78 is 0. The molecule has 3 aromatic rings. The minimum Gasteiger partial charge on any atom is -0.481 e. The molecule has 33 heavy (non-hydrogen) atoms. The van der Waals surface area contributed by atoms with E-state index in [9.17, 15) is 4.79 Å². The average Bonchev–Trinajstić information content (AvgIpc) is 3.25. The third-order valence-corrected chi connectivity index (χ3v) is 7.37. The lowest BCUT2D eigenvalue weighted by molar-refractivity contribution is -0.143. The molecule has 0 radical (unpaired) electrons. The lowest BCUT2D eigenvalue weighted by Crippen LogP contribution is -2.28. The van der Waals surface area contributed by atoms with Gasteiger partial charge in [0, 0.05) is 35.4 Å². The molecular formula is C27H35N3O2S. The molecule has 2 aromatic heterocycles. The molecule has 2 heterocycles. The zero-order chi connectivity index (χ0) is 24.0. The van der Waals surface area contributed by atoms with Crippen molar-refractivity contribution in [1.29, 1.82) is 0 Å². The van der Waals surface area contributed by atoms with E-state index in [0.29, 0.717) is 11.3 Å². The highest BCUT2D eigenvalue weighted by Gasteiger charge is 2.32. The standard InChI is InChI=1S/C16H15N3S.C11H20O2/c1-11-4-5-14(17)7-13(11)8-16-19-15(10-20-16)12-3-2-6-18-9-12;1-11(2,3)9-6-4-8(5-7-9)10(12)13/h2-7,9-10H,8,17H2,1H3;8-9H,4-7H2,1-3H3,(H,12,13). The van der Waals surface area contributed by atoms with E-state index >= 15 is 0 Å². The molecule has 0 unspecified atom stereocenters. The van der Waals surface area contributed by atoms with Crippen LogP contribution in [0.4, 0.5) is 5.69 Å². The number of carbonyl (C=O) groups is 1. The number of nitrogens with zero attached hydrogens (tertiary/aromatic N) is 2. The summed E-state index contributed by atoms with van der Waals surface area (Å²) in [4.78, 5) is 19.5. The monoisotopic (exact) mass is 465 g/mol. The maximum atomic E-state index is 10.7. The Morgan fingerprint density at radius 1 is 1.18 bits per heavy atom. The van der Waals surface area contributed by atoms with Crippen molar-refractivity contribution >= 4 is 23.0 Å². The molecule has 1 aliphatic carbocycles. The summed E-state index contributed by atoms with van der Waals surface area (Å²) >= 11 is 1.67. The van der Waals surface area contributed by atoms with Crippen LogP contribution in [-0.4, -0.2) is 21.0 Å². The molecule has 0 amide bonds. The number of benzene rings is 1. The number of carboxylic acid groups (broad SMARTS) is 1. The number of nitrogens with two attached hydrogens (primary N) is 1. The summed E-state index contributed by atoms with van der Waals surface area (Å²) in [6, 6.07) is 9.97. The highest BCUT2D eigenvalue weighted by atomic mass is 32.1. The van der Waals surface area contributed by atoms with Crippen LogP contribution in [-0.2, 0) is 11.2 Å². The molecule has 1 saturated carbocycles. The van der Waals surface area contributed by atoms with Gasteiger partial charge in [-0.25, -0.2) is 4.98 Å². The van der Waals surface area contributed by atoms with E-state index in [1.165, 1.54) is 11.1 Å². The number of nitrogen functional groups attached to an aromatic ring is 1. The zero-order valence-electron chi connectivity index (χ0n) is 20.0. The Hall–Kier alpha value is -2.73. The summed E-state index contributed by atoms with van der Waals surface area (Å²) in [7, 11) is 0. The van der Waals surface area contributed by atoms with Crippen LogP contribution in [0.3, 0.4) is 0 Å². The van der Waals surface area contributed by atoms with Gasteiger partial charge in [0.1, 0.15) is 0 Å². The first-order valence-electron chi connectivity index (χ1n) is 11.6. The van der Waals surface area contributed by atoms with Gasteiger partial charge in [0.2, 0.25) is 0 Å². The molecule has 1 fully saturated rings. The molecule has 3 N–H and O–H groups in total. The first-order valence-corrected chi connectivity index (χ1v) is 12.4. The molecular weight excluding hydrogens is 430 g/mol. The molecule has 6 heteroatoms. The number of aliphatic carboxylic acids is 1. The maximum Gasteiger partial charge on any atom is 0.306 e. The minimum absolute atomic E-state index is 0.0707. The Kier molecular flexibility index (Phi) is 8.25. The highest BCUT2D eigenvalue weighted by Crippen LogP contribution is 2.39. The van der Waals surface area contributed by atoms with Crippen molar-refractivity contribution in [2.45, 2.75) is 59.8 Å². The molecule has 1 aromatic carbocycles. The van der Waals surface area contributed by atoms with Gasteiger partial charge in [0.05, 0.1) is 16.6 Å². The van der Waals surface area contributed by atoms with E-state index in [0.717, 1.165) is 54.1 Å². The Morgan fingerprint density at radius 3 is 2.52 bits per heavy atom. The first kappa shape index (κ1) is 24.9. The predicted molar refractivity (Wildman–Crippen MR) is 136 cm³/mol. The lowest BCUT2D eigenvalue weighted by Gasteiger charge is -2.35. The second-order valence-electron chi connectivity index (χ2n) is 9.98. The summed E-state index contributed by atoms with van der Waals surface area (Å²) in [5.74, 6) is 0.0362. The van der Waals surface area contributed by atoms with Gasteiger partial charge in [-0.15, -0.1) is 11.3 Å². The molecule has 0 bridgehead atoms. The van der Waals surface area contributed by atoms with Gasteiger partial charge >= 0.3 is 5.97 Å². The van der Waals surface area contributed by atoms with Crippen molar-refractivity contribution < 1.29 is 9.90 Å². The van der Waals surface area contributed by atoms with Gasteiger partial charge < -0.3 is 10.8 Å². The summed E-state index contributed by atoms with van der Waals surface area (Å²) in [6.45, 7) is 8.85. The van der Waals surface area contributed by atoms with Crippen LogP contribution in [0.2, 0.25) is 0 Å². The molecule has 5 nitrogen and oxygen atoms in total. The fourth-order valence-corrected chi connectivity index (χ4v) is 5.12. The number of carboxylic acids is 1. The Labute approximate surface area is 201 Å². The van der Waals surface area contributed by atoms with Crippen LogP contribution in [0.1, 0.15) is 62.6 Å². The summed E-state index contributed by atoms with van der Waals surface area (Å²) in [5.41, 5.74) is 11.5. The van der Waals surface area contributed by atoms with E-state index in [4.69, 9.17) is 10.8 Å². The van der Waals surface area contributed by atoms with Crippen molar-refractivity contribution in [3.05, 3.63) is 64.2 Å². The van der Waals surface area contributed by atoms with Crippen molar-refractivity contribution in [3.8, 4) is 11.3 Å². The number of aryl methyl sites for hydroxylation is 1. The smallest absolute Gasteiger partial charge is 0.306 e. The SMILES string of the molecule is CC(C)(C)C1CCC(C(=O)O)CC1.Cc1ccc(N)cc1Cc1nc(-c2cccnc2)cs1. The Balaban J connectivity index is 0.000000205. The normalized spacial score (nSPS) is 18.3. The Morgan fingerprint density at radius 2 is 1.91 bits per heavy atom. The quantitative estimate of drug-likeness (QED) is 0.423. The number of hydrogen-bond donors (Lipinski definition) is 2. The van der Waals surface area contributed by atoms with Gasteiger partial charge in [0.25, 0.3) is 0 Å². The molecule has 0 atom stereocenters. The van der Waals surface area contributed by atoms with Crippen LogP contribution >= 0.6 is 11.3 Å². The molecule has 0 aliphatic heterocycles. The van der Waals surface area contributed by atoms with E-state index in [2.05, 4.69) is 49.1 Å². The van der Waals surface area contributed by atoms with E-state index in [1.807, 2.05) is 30.5 Å². The number of thiazole rings is 1. The van der Waals surface area contributed by atoms with Crippen LogP contribution in [0, 0.1) is 24.2 Å². The van der Waals surface area contributed by atoms with Gasteiger partial charge in [-0.1, -0.05) is 26.8 Å². The van der Waals surface area contributed by atoms with Gasteiger partial charge in [-0.3, -0.25) is 9.78 Å². The number of pyridine rings is 1. The molecule has 1 aliphatic rings. The average molecular weight is 466 g/mol. The molecule has 0 saturated heterocycles. The third-order valence-electron chi connectivity index (χ3n) is 6.53. The second-order valence-corrected chi connectivity index (χ2v) is 10.9. The number of hydrogen-bond acceptors (Lipinski definition) is 5. The van der Waals surface area contributed by atoms with Gasteiger partial charge in [0.15, 0.2) is 0 Å². The zero-order valence-corrected chi connectivity index (χ0v) is 20.9. The van der Waals surface area contributed by atoms with Gasteiger partial charge in [-0.05, 0) is 79.3 Å². The van der Waals surface area contributed by atoms with Crippen molar-refractivity contribution in [1.82, 2.24) is 9.97 Å². The first-order chi connectivity index (χ1) is 15.6. The van der Waals surface area contributed by atoms with Crippen LogP contribution < -0.4 is 5.73 Å². The van der Waals surface area contributed by atoms with E-state index < -0.39 is 5.97 Å². The summed E-state index contributed by atoms with van der Waals surface area (Å²) in [6.07, 6.45) is 8.34. The third kappa shape index (κ3) is 7.13. The van der Waals surface area contributed by atoms with Gasteiger partial charge in [-0.2, -0.15) is 0 Å². The van der Waals surface area contributed by atoms with Crippen molar-refractivity contribution in [2.24, 2.45) is 17.3 Å². The maximum absolute atomic E-state index is 10.7. The fourth-order valence-electron chi connectivity index (χ4n) is 4.29. The predicted octanol–water partition coefficient (Wildman–Crippen LogP) is 6.61. The van der Waals surface area contributed by atoms with Crippen LogP contribution in [0.25, 0.3) is 11.3 Å². The Bertz CT molecular complexity index is 1050. The number of anilines is 1. The molecule has 0 spiro atoms. The molecule has 4 rings (SSSR count). The number of rotatable bonds is 4. The minimum atomic E-state index is -0.604. The number of aromatic nitrogens is 2. The highest BCUT2D eigenvalue weighted by molar-refractivity contribution is 7.10. The summed E-state index contributed by atoms with van der Waals surface area (Å²) in [5, 5.41) is 12.0. The van der Waals surface area contributed by atoms with Crippen LogP contribution in [0.5, 0.6) is 0 Å². The topological polar surface area (TPSA) is 89.1 Å². The van der Waals surface area contributed by atoms with Crippen molar-refractivity contribution in [3.63, 3.8) is 0 Å². The second kappa shape index (κ2) is 10.9. The largest absolute Gasteiger partial charge is 0.481 e.